The highest BCUT2D eigenvalue weighted by Gasteiger charge is 2.41. The minimum Gasteiger partial charge on any atom is -0.390 e. The maximum atomic E-state index is 10.2. The highest BCUT2D eigenvalue weighted by Crippen LogP contribution is 2.37. The van der Waals surface area contributed by atoms with E-state index in [4.69, 9.17) is 5.73 Å². The van der Waals surface area contributed by atoms with E-state index in [9.17, 15) is 10.2 Å². The van der Waals surface area contributed by atoms with Crippen molar-refractivity contribution in [2.75, 3.05) is 5.73 Å². The Hall–Kier alpha value is -1.26. The van der Waals surface area contributed by atoms with Crippen molar-refractivity contribution < 1.29 is 10.2 Å². The summed E-state index contributed by atoms with van der Waals surface area (Å²) in [4.78, 5) is 12.3. The fourth-order valence-electron chi connectivity index (χ4n) is 2.72. The van der Waals surface area contributed by atoms with Gasteiger partial charge in [0.2, 0.25) is 0 Å². The van der Waals surface area contributed by atoms with Crippen LogP contribution in [0.25, 0.3) is 11.2 Å². The highest BCUT2D eigenvalue weighted by atomic mass is 127. The molecule has 2 heterocycles. The van der Waals surface area contributed by atoms with Gasteiger partial charge in [-0.25, -0.2) is 15.0 Å². The first kappa shape index (κ1) is 13.7. The van der Waals surface area contributed by atoms with Gasteiger partial charge in [0, 0.05) is 5.92 Å². The van der Waals surface area contributed by atoms with Gasteiger partial charge in [-0.2, -0.15) is 0 Å². The van der Waals surface area contributed by atoms with Gasteiger partial charge >= 0.3 is 0 Å². The van der Waals surface area contributed by atoms with Crippen molar-refractivity contribution in [2.24, 2.45) is 5.92 Å². The maximum absolute atomic E-state index is 10.2. The van der Waals surface area contributed by atoms with E-state index < -0.39 is 12.2 Å². The van der Waals surface area contributed by atoms with Crippen LogP contribution in [-0.4, -0.2) is 41.9 Å². The van der Waals surface area contributed by atoms with Gasteiger partial charge in [0.25, 0.3) is 0 Å². The van der Waals surface area contributed by atoms with E-state index in [2.05, 4.69) is 37.5 Å². The zero-order valence-corrected chi connectivity index (χ0v) is 12.6. The fraction of sp³-hybridized carbons (Fsp3) is 0.417. The molecule has 1 saturated carbocycles. The largest absolute Gasteiger partial charge is 0.390 e. The third-order valence-corrected chi connectivity index (χ3v) is 4.18. The van der Waals surface area contributed by atoms with E-state index in [1.165, 1.54) is 6.33 Å². The Morgan fingerprint density at radius 3 is 2.85 bits per heavy atom. The molecule has 0 bridgehead atoms. The predicted octanol–water partition coefficient (Wildman–Crippen LogP) is 0.640. The topological polar surface area (TPSA) is 110 Å². The molecule has 2 aromatic rings. The Labute approximate surface area is 128 Å². The van der Waals surface area contributed by atoms with E-state index in [1.54, 1.807) is 10.9 Å². The minimum atomic E-state index is -0.860. The highest BCUT2D eigenvalue weighted by molar-refractivity contribution is 14.1. The first-order chi connectivity index (χ1) is 9.63. The van der Waals surface area contributed by atoms with Crippen LogP contribution in [0.1, 0.15) is 12.5 Å². The van der Waals surface area contributed by atoms with E-state index >= 15 is 0 Å². The number of fused-ring (bicyclic) bond motifs is 1. The lowest BCUT2D eigenvalue weighted by molar-refractivity contribution is 0.0137. The number of aliphatic hydroxyl groups excluding tert-OH is 2. The van der Waals surface area contributed by atoms with Crippen LogP contribution >= 0.6 is 22.6 Å². The van der Waals surface area contributed by atoms with Gasteiger partial charge in [-0.05, 0) is 10.5 Å². The molecule has 3 rings (SSSR count). The van der Waals surface area contributed by atoms with Crippen molar-refractivity contribution in [2.45, 2.75) is 24.7 Å². The number of nitrogen functional groups attached to an aromatic ring is 1. The van der Waals surface area contributed by atoms with Crippen LogP contribution in [0.4, 0.5) is 5.82 Å². The first-order valence-corrected chi connectivity index (χ1v) is 7.44. The fourth-order valence-corrected chi connectivity index (χ4v) is 3.25. The Kier molecular flexibility index (Phi) is 3.61. The van der Waals surface area contributed by atoms with Gasteiger partial charge in [0.1, 0.15) is 17.9 Å². The van der Waals surface area contributed by atoms with Gasteiger partial charge in [-0.1, -0.05) is 28.7 Å². The van der Waals surface area contributed by atoms with Gasteiger partial charge in [-0.3, -0.25) is 0 Å². The van der Waals surface area contributed by atoms with Crippen molar-refractivity contribution in [1.29, 1.82) is 0 Å². The van der Waals surface area contributed by atoms with Gasteiger partial charge < -0.3 is 20.5 Å². The molecule has 7 nitrogen and oxygen atoms in total. The molecule has 1 aliphatic carbocycles. The molecule has 0 spiro atoms. The van der Waals surface area contributed by atoms with E-state index in [1.807, 2.05) is 10.2 Å². The molecule has 4 atom stereocenters. The van der Waals surface area contributed by atoms with Crippen LogP contribution in [-0.2, 0) is 0 Å². The Morgan fingerprint density at radius 1 is 1.30 bits per heavy atom. The second kappa shape index (κ2) is 5.26. The minimum absolute atomic E-state index is 0.0801. The lowest BCUT2D eigenvalue weighted by Crippen LogP contribution is -2.29. The zero-order chi connectivity index (χ0) is 14.3. The summed E-state index contributed by atoms with van der Waals surface area (Å²) in [5.41, 5.74) is 6.85. The number of anilines is 1. The van der Waals surface area contributed by atoms with Crippen LogP contribution in [0.15, 0.2) is 22.8 Å². The SMILES string of the molecule is Nc1ncnc2c1ncn2[C@@H]1C[C@H](/C=C\I)[C@@H](O)[C@H]1O. The molecule has 0 aliphatic heterocycles. The summed E-state index contributed by atoms with van der Waals surface area (Å²) in [6.07, 6.45) is 3.83. The second-order valence-electron chi connectivity index (χ2n) is 4.85. The molecule has 8 heteroatoms. The smallest absolute Gasteiger partial charge is 0.165 e. The molecule has 0 saturated heterocycles. The normalized spacial score (nSPS) is 30.6. The van der Waals surface area contributed by atoms with E-state index in [0.29, 0.717) is 23.4 Å². The first-order valence-electron chi connectivity index (χ1n) is 6.19. The molecular formula is C12H14IN5O2. The molecular weight excluding hydrogens is 373 g/mol. The molecule has 106 valence electrons. The van der Waals surface area contributed by atoms with Crippen molar-refractivity contribution in [3.63, 3.8) is 0 Å². The summed E-state index contributed by atoms with van der Waals surface area (Å²) in [5.74, 6) is 0.231. The number of nitrogens with zero attached hydrogens (tertiary/aromatic N) is 4. The number of nitrogens with two attached hydrogens (primary N) is 1. The lowest BCUT2D eigenvalue weighted by atomic mass is 10.1. The quantitative estimate of drug-likeness (QED) is 0.653. The number of hydrogen-bond donors (Lipinski definition) is 3. The molecule has 20 heavy (non-hydrogen) atoms. The zero-order valence-electron chi connectivity index (χ0n) is 10.5. The van der Waals surface area contributed by atoms with E-state index in [0.717, 1.165) is 0 Å². The van der Waals surface area contributed by atoms with Crippen LogP contribution in [0.2, 0.25) is 0 Å². The van der Waals surface area contributed by atoms with Crippen molar-refractivity contribution in [3.8, 4) is 0 Å². The van der Waals surface area contributed by atoms with Crippen molar-refractivity contribution in [3.05, 3.63) is 22.8 Å². The van der Waals surface area contributed by atoms with Crippen LogP contribution in [0, 0.1) is 5.92 Å². The Bertz CT molecular complexity index is 658. The molecule has 4 N–H and O–H groups in total. The van der Waals surface area contributed by atoms with Gasteiger partial charge in [0.15, 0.2) is 11.5 Å². The molecule has 0 amide bonds. The summed E-state index contributed by atoms with van der Waals surface area (Å²) in [6.45, 7) is 0. The summed E-state index contributed by atoms with van der Waals surface area (Å²) in [7, 11) is 0. The third-order valence-electron chi connectivity index (χ3n) is 3.76. The molecule has 1 fully saturated rings. The second-order valence-corrected chi connectivity index (χ2v) is 5.57. The maximum Gasteiger partial charge on any atom is 0.165 e. The number of halogens is 1. The van der Waals surface area contributed by atoms with Gasteiger partial charge in [0.05, 0.1) is 18.5 Å². The van der Waals surface area contributed by atoms with Crippen LogP contribution in [0.3, 0.4) is 0 Å². The number of hydrogen-bond acceptors (Lipinski definition) is 6. The van der Waals surface area contributed by atoms with E-state index in [-0.39, 0.29) is 12.0 Å². The summed E-state index contributed by atoms with van der Waals surface area (Å²) in [5, 5.41) is 20.3. The van der Waals surface area contributed by atoms with Crippen LogP contribution in [0.5, 0.6) is 0 Å². The predicted molar refractivity (Wildman–Crippen MR) is 82.1 cm³/mol. The van der Waals surface area contributed by atoms with Crippen LogP contribution < -0.4 is 5.73 Å². The monoisotopic (exact) mass is 387 g/mol. The molecule has 0 aromatic carbocycles. The molecule has 0 unspecified atom stereocenters. The number of imidazole rings is 1. The Balaban J connectivity index is 2.02. The number of rotatable bonds is 2. The lowest BCUT2D eigenvalue weighted by Gasteiger charge is -2.18. The summed E-state index contributed by atoms with van der Waals surface area (Å²) in [6, 6.07) is -0.276. The number of aliphatic hydroxyl groups is 2. The molecule has 2 aromatic heterocycles. The standard InChI is InChI=1S/C12H14IN5O2/c13-2-1-6-3-7(10(20)9(6)19)18-5-17-8-11(14)15-4-16-12(8)18/h1-2,4-7,9-10,19-20H,3H2,(H2,14,15,16)/b2-1-/t6-,7+,9+,10-/m0/s1. The van der Waals surface area contributed by atoms with Crippen molar-refractivity contribution >= 4 is 39.6 Å². The molecule has 1 aliphatic rings. The Morgan fingerprint density at radius 2 is 2.10 bits per heavy atom. The average molecular weight is 387 g/mol. The average Bonchev–Trinajstić information content (AvgIpc) is 2.97. The third kappa shape index (κ3) is 2.07. The molecule has 0 radical (unpaired) electrons. The summed E-state index contributed by atoms with van der Waals surface area (Å²) < 4.78 is 3.62. The van der Waals surface area contributed by atoms with Crippen molar-refractivity contribution in [1.82, 2.24) is 19.5 Å². The number of aromatic nitrogens is 4. The summed E-state index contributed by atoms with van der Waals surface area (Å²) >= 11 is 2.10. The van der Waals surface area contributed by atoms with Gasteiger partial charge in [-0.15, -0.1) is 0 Å².